The smallest absolute Gasteiger partial charge is 0.308 e. The second-order valence-corrected chi connectivity index (χ2v) is 5.50. The maximum atomic E-state index is 11.1. The lowest BCUT2D eigenvalue weighted by molar-refractivity contribution is -0.131. The van der Waals surface area contributed by atoms with Crippen molar-refractivity contribution in [1.82, 2.24) is 0 Å². The zero-order chi connectivity index (χ0) is 17.7. The number of carbonyl (C=O) groups excluding carboxylic acids is 1. The second kappa shape index (κ2) is 7.62. The zero-order valence-electron chi connectivity index (χ0n) is 13.9. The van der Waals surface area contributed by atoms with E-state index in [2.05, 4.69) is 0 Å². The molecule has 0 aromatic heterocycles. The minimum absolute atomic E-state index is 0.148. The number of hydrogen-bond donors (Lipinski definition) is 1. The predicted octanol–water partition coefficient (Wildman–Crippen LogP) is 3.36. The van der Waals surface area contributed by atoms with E-state index in [1.807, 2.05) is 32.0 Å². The third-order valence-electron chi connectivity index (χ3n) is 3.57. The molecule has 1 atom stereocenters. The topological polar surface area (TPSA) is 79.5 Å². The van der Waals surface area contributed by atoms with E-state index >= 15 is 0 Å². The normalized spacial score (nSPS) is 11.5. The highest BCUT2D eigenvalue weighted by Crippen LogP contribution is 2.27. The van der Waals surface area contributed by atoms with Gasteiger partial charge in [0.25, 0.3) is 0 Å². The van der Waals surface area contributed by atoms with E-state index in [0.717, 1.165) is 16.9 Å². The molecule has 0 spiro atoms. The number of esters is 1. The zero-order valence-corrected chi connectivity index (χ0v) is 13.9. The molecule has 2 aromatic carbocycles. The summed E-state index contributed by atoms with van der Waals surface area (Å²) in [6.07, 6.45) is -1.27. The molecule has 2 rings (SSSR count). The first kappa shape index (κ1) is 17.5. The van der Waals surface area contributed by atoms with Crippen molar-refractivity contribution in [3.8, 4) is 17.6 Å². The van der Waals surface area contributed by atoms with Gasteiger partial charge >= 0.3 is 5.97 Å². The summed E-state index contributed by atoms with van der Waals surface area (Å²) in [5.41, 5.74) is 3.01. The van der Waals surface area contributed by atoms with Crippen LogP contribution in [0.15, 0.2) is 36.4 Å². The number of aliphatic hydroxyl groups is 1. The summed E-state index contributed by atoms with van der Waals surface area (Å²) in [4.78, 5) is 11.1. The van der Waals surface area contributed by atoms with Gasteiger partial charge in [0.15, 0.2) is 6.10 Å². The molecular formula is C19H19NO4. The van der Waals surface area contributed by atoms with Crippen molar-refractivity contribution in [2.24, 2.45) is 0 Å². The third-order valence-corrected chi connectivity index (χ3v) is 3.57. The van der Waals surface area contributed by atoms with E-state index in [-0.39, 0.29) is 6.61 Å². The van der Waals surface area contributed by atoms with E-state index < -0.39 is 12.1 Å². The Hall–Kier alpha value is -2.84. The van der Waals surface area contributed by atoms with Gasteiger partial charge < -0.3 is 14.6 Å². The number of benzene rings is 2. The Bertz CT molecular complexity index is 772. The molecule has 1 N–H and O–H groups in total. The predicted molar refractivity (Wildman–Crippen MR) is 88.6 cm³/mol. The van der Waals surface area contributed by atoms with Crippen LogP contribution in [0.5, 0.6) is 11.5 Å². The second-order valence-electron chi connectivity index (χ2n) is 5.50. The molecule has 0 bridgehead atoms. The van der Waals surface area contributed by atoms with Crippen molar-refractivity contribution >= 4 is 5.97 Å². The number of para-hydroxylation sites is 1. The minimum Gasteiger partial charge on any atom is -0.488 e. The molecular weight excluding hydrogens is 306 g/mol. The molecule has 124 valence electrons. The molecule has 2 aromatic rings. The lowest BCUT2D eigenvalue weighted by Gasteiger charge is -2.16. The first-order valence-corrected chi connectivity index (χ1v) is 7.50. The molecule has 24 heavy (non-hydrogen) atoms. The maximum Gasteiger partial charge on any atom is 0.308 e. The number of nitrogens with zero attached hydrogens (tertiary/aromatic N) is 1. The summed E-state index contributed by atoms with van der Waals surface area (Å²) in [6.45, 7) is 5.35. The van der Waals surface area contributed by atoms with Crippen LogP contribution in [-0.2, 0) is 11.4 Å². The van der Waals surface area contributed by atoms with Crippen LogP contribution in [-0.4, -0.2) is 11.1 Å². The fourth-order valence-electron chi connectivity index (χ4n) is 2.45. The van der Waals surface area contributed by atoms with E-state index in [4.69, 9.17) is 14.7 Å². The van der Waals surface area contributed by atoms with E-state index in [1.54, 1.807) is 24.3 Å². The van der Waals surface area contributed by atoms with Crippen LogP contribution in [0.2, 0.25) is 0 Å². The minimum atomic E-state index is -1.27. The molecule has 0 aliphatic heterocycles. The summed E-state index contributed by atoms with van der Waals surface area (Å²) < 4.78 is 11.0. The van der Waals surface area contributed by atoms with Crippen LogP contribution in [0.4, 0.5) is 0 Å². The Kier molecular flexibility index (Phi) is 5.56. The highest BCUT2D eigenvalue weighted by Gasteiger charge is 2.15. The average Bonchev–Trinajstić information content (AvgIpc) is 2.53. The van der Waals surface area contributed by atoms with Gasteiger partial charge in [-0.25, -0.2) is 0 Å². The molecule has 0 heterocycles. The fraction of sp³-hybridized carbons (Fsp3) is 0.263. The van der Waals surface area contributed by atoms with Crippen LogP contribution in [0, 0.1) is 25.2 Å². The summed E-state index contributed by atoms with van der Waals surface area (Å²) >= 11 is 0. The van der Waals surface area contributed by atoms with Crippen molar-refractivity contribution in [3.05, 3.63) is 58.7 Å². The van der Waals surface area contributed by atoms with Crippen LogP contribution < -0.4 is 9.47 Å². The van der Waals surface area contributed by atoms with E-state index in [0.29, 0.717) is 16.9 Å². The van der Waals surface area contributed by atoms with Crippen molar-refractivity contribution < 1.29 is 19.4 Å². The average molecular weight is 325 g/mol. The number of rotatable bonds is 5. The summed E-state index contributed by atoms with van der Waals surface area (Å²) in [5, 5.41) is 18.8. The van der Waals surface area contributed by atoms with Gasteiger partial charge in [-0.2, -0.15) is 5.26 Å². The lowest BCUT2D eigenvalue weighted by atomic mass is 10.0. The van der Waals surface area contributed by atoms with Crippen LogP contribution in [0.25, 0.3) is 0 Å². The van der Waals surface area contributed by atoms with Crippen molar-refractivity contribution in [3.63, 3.8) is 0 Å². The first-order chi connectivity index (χ1) is 11.4. The fourth-order valence-corrected chi connectivity index (χ4v) is 2.45. The maximum absolute atomic E-state index is 11.1. The SMILES string of the molecule is CC(=O)Oc1ccc(C(O)C#N)c(COc2c(C)cccc2C)c1. The Morgan fingerprint density at radius 3 is 2.50 bits per heavy atom. The van der Waals surface area contributed by atoms with Crippen molar-refractivity contribution in [2.75, 3.05) is 0 Å². The molecule has 0 saturated carbocycles. The van der Waals surface area contributed by atoms with Gasteiger partial charge in [0.1, 0.15) is 18.1 Å². The van der Waals surface area contributed by atoms with Gasteiger partial charge in [0.2, 0.25) is 0 Å². The third kappa shape index (κ3) is 4.12. The number of ether oxygens (including phenoxy) is 2. The summed E-state index contributed by atoms with van der Waals surface area (Å²) in [5.74, 6) is 0.662. The summed E-state index contributed by atoms with van der Waals surface area (Å²) in [6, 6.07) is 12.3. The number of carbonyl (C=O) groups is 1. The van der Waals surface area contributed by atoms with Gasteiger partial charge in [-0.15, -0.1) is 0 Å². The van der Waals surface area contributed by atoms with Crippen LogP contribution in [0.1, 0.15) is 35.3 Å². The van der Waals surface area contributed by atoms with Gasteiger partial charge in [0.05, 0.1) is 6.07 Å². The molecule has 0 aliphatic rings. The Morgan fingerprint density at radius 2 is 1.92 bits per heavy atom. The highest BCUT2D eigenvalue weighted by atomic mass is 16.5. The van der Waals surface area contributed by atoms with E-state index in [9.17, 15) is 9.90 Å². The number of aliphatic hydroxyl groups excluding tert-OH is 1. The largest absolute Gasteiger partial charge is 0.488 e. The molecule has 1 unspecified atom stereocenters. The molecule has 0 aliphatic carbocycles. The summed E-state index contributed by atoms with van der Waals surface area (Å²) in [7, 11) is 0. The Balaban J connectivity index is 2.32. The first-order valence-electron chi connectivity index (χ1n) is 7.50. The molecule has 5 nitrogen and oxygen atoms in total. The number of hydrogen-bond acceptors (Lipinski definition) is 5. The standard InChI is InChI=1S/C19H19NO4/c1-12-5-4-6-13(2)19(12)23-11-15-9-16(24-14(3)21)7-8-17(15)18(22)10-20/h4-9,18,22H,11H2,1-3H3. The number of aryl methyl sites for hydroxylation is 2. The highest BCUT2D eigenvalue weighted by molar-refractivity contribution is 5.69. The molecule has 5 heteroatoms. The van der Waals surface area contributed by atoms with Gasteiger partial charge in [0, 0.05) is 12.5 Å². The molecule has 0 saturated heterocycles. The van der Waals surface area contributed by atoms with E-state index in [1.165, 1.54) is 6.92 Å². The molecule has 0 radical (unpaired) electrons. The van der Waals surface area contributed by atoms with Crippen LogP contribution >= 0.6 is 0 Å². The van der Waals surface area contributed by atoms with Gasteiger partial charge in [-0.1, -0.05) is 24.3 Å². The van der Waals surface area contributed by atoms with Gasteiger partial charge in [-0.3, -0.25) is 4.79 Å². The monoisotopic (exact) mass is 325 g/mol. The van der Waals surface area contributed by atoms with Crippen molar-refractivity contribution in [1.29, 1.82) is 5.26 Å². The van der Waals surface area contributed by atoms with Crippen LogP contribution in [0.3, 0.4) is 0 Å². The van der Waals surface area contributed by atoms with Crippen molar-refractivity contribution in [2.45, 2.75) is 33.5 Å². The number of nitriles is 1. The molecule has 0 fully saturated rings. The Morgan fingerprint density at radius 1 is 1.25 bits per heavy atom. The quantitative estimate of drug-likeness (QED) is 0.518. The van der Waals surface area contributed by atoms with Gasteiger partial charge in [-0.05, 0) is 42.7 Å². The Labute approximate surface area is 141 Å². The molecule has 0 amide bonds. The lowest BCUT2D eigenvalue weighted by Crippen LogP contribution is -2.07.